The number of carbonyl (C=O) groups is 4. The molecule has 0 radical (unpaired) electrons. The number of esters is 2. The molecular weight excluding hydrogens is 520 g/mol. The normalized spacial score (nSPS) is 12.6. The molecule has 240 valence electrons. The van der Waals surface area contributed by atoms with E-state index in [0.717, 1.165) is 32.1 Å². The predicted octanol–water partition coefficient (Wildman–Crippen LogP) is 9.13. The van der Waals surface area contributed by atoms with E-state index in [0.29, 0.717) is 12.8 Å². The summed E-state index contributed by atoms with van der Waals surface area (Å²) in [5.41, 5.74) is -1.04. The van der Waals surface area contributed by atoms with E-state index in [1.807, 2.05) is 20.8 Å². The number of carboxylic acids is 1. The van der Waals surface area contributed by atoms with E-state index in [-0.39, 0.29) is 36.6 Å². The molecule has 0 amide bonds. The van der Waals surface area contributed by atoms with Crippen LogP contribution < -0.4 is 0 Å². The van der Waals surface area contributed by atoms with Crippen molar-refractivity contribution in [2.45, 2.75) is 188 Å². The summed E-state index contributed by atoms with van der Waals surface area (Å²) in [6.07, 6.45) is 20.1. The topological polar surface area (TPSA) is 107 Å². The van der Waals surface area contributed by atoms with Gasteiger partial charge in [0.2, 0.25) is 0 Å². The summed E-state index contributed by atoms with van der Waals surface area (Å²) in [6.45, 7) is 11.0. The van der Waals surface area contributed by atoms with Crippen LogP contribution in [0.3, 0.4) is 0 Å². The second-order valence-electron chi connectivity index (χ2n) is 13.6. The van der Waals surface area contributed by atoms with E-state index >= 15 is 0 Å². The minimum Gasteiger partial charge on any atom is -0.481 e. The Morgan fingerprint density at radius 2 is 0.902 bits per heavy atom. The number of hydrogen-bond acceptors (Lipinski definition) is 6. The predicted molar refractivity (Wildman–Crippen MR) is 165 cm³/mol. The van der Waals surface area contributed by atoms with E-state index in [9.17, 15) is 19.2 Å². The lowest BCUT2D eigenvalue weighted by molar-refractivity contribution is -0.161. The highest BCUT2D eigenvalue weighted by Gasteiger charge is 2.27. The molecule has 0 aliphatic rings. The molecule has 0 aromatic rings. The number of hydrogen-bond donors (Lipinski definition) is 1. The number of Topliss-reactive ketones (excluding diaryl/α,β-unsaturated/α-hetero) is 1. The first-order chi connectivity index (χ1) is 19.2. The van der Waals surface area contributed by atoms with Gasteiger partial charge >= 0.3 is 17.9 Å². The summed E-state index contributed by atoms with van der Waals surface area (Å²) in [4.78, 5) is 47.5. The Morgan fingerprint density at radius 1 is 0.537 bits per heavy atom. The van der Waals surface area contributed by atoms with E-state index in [2.05, 4.69) is 0 Å². The Balaban J connectivity index is 3.64. The quantitative estimate of drug-likeness (QED) is 0.0844. The van der Waals surface area contributed by atoms with Gasteiger partial charge < -0.3 is 14.6 Å². The van der Waals surface area contributed by atoms with Gasteiger partial charge in [-0.1, -0.05) is 89.9 Å². The maximum absolute atomic E-state index is 12.4. The highest BCUT2D eigenvalue weighted by atomic mass is 16.6. The first-order valence-electron chi connectivity index (χ1n) is 16.4. The summed E-state index contributed by atoms with van der Waals surface area (Å²) in [5.74, 6) is -2.19. The van der Waals surface area contributed by atoms with Gasteiger partial charge in [-0.25, -0.2) is 0 Å². The van der Waals surface area contributed by atoms with Gasteiger partial charge in [-0.05, 0) is 60.8 Å². The fourth-order valence-electron chi connectivity index (χ4n) is 4.82. The average molecular weight is 583 g/mol. The van der Waals surface area contributed by atoms with Gasteiger partial charge in [-0.3, -0.25) is 19.2 Å². The van der Waals surface area contributed by atoms with E-state index < -0.39 is 23.5 Å². The second-order valence-corrected chi connectivity index (χ2v) is 13.6. The van der Waals surface area contributed by atoms with Crippen LogP contribution in [0.25, 0.3) is 0 Å². The number of unbranched alkanes of at least 4 members (excludes halogenated alkanes) is 15. The van der Waals surface area contributed by atoms with Crippen LogP contribution in [-0.4, -0.2) is 40.0 Å². The van der Waals surface area contributed by atoms with E-state index in [1.54, 1.807) is 20.8 Å². The summed E-state index contributed by atoms with van der Waals surface area (Å²) in [5, 5.41) is 8.96. The van der Waals surface area contributed by atoms with Crippen molar-refractivity contribution in [1.29, 1.82) is 0 Å². The van der Waals surface area contributed by atoms with Gasteiger partial charge in [0, 0.05) is 25.7 Å². The molecule has 0 fully saturated rings. The fourth-order valence-corrected chi connectivity index (χ4v) is 4.82. The lowest BCUT2D eigenvalue weighted by Gasteiger charge is -2.23. The molecule has 0 unspecified atom stereocenters. The van der Waals surface area contributed by atoms with Crippen LogP contribution in [0.5, 0.6) is 0 Å². The Morgan fingerprint density at radius 3 is 1.27 bits per heavy atom. The number of rotatable bonds is 25. The van der Waals surface area contributed by atoms with Gasteiger partial charge in [0.15, 0.2) is 0 Å². The molecule has 0 saturated carbocycles. The zero-order valence-electron chi connectivity index (χ0n) is 27.3. The molecule has 0 aliphatic heterocycles. The Labute approximate surface area is 250 Å². The summed E-state index contributed by atoms with van der Waals surface area (Å²) in [7, 11) is 0. The zero-order chi connectivity index (χ0) is 31.2. The second kappa shape index (κ2) is 22.6. The minimum absolute atomic E-state index is 0.0180. The molecule has 1 atom stereocenters. The fraction of sp³-hybridized carbons (Fsp3) is 0.882. The summed E-state index contributed by atoms with van der Waals surface area (Å²) >= 11 is 0. The van der Waals surface area contributed by atoms with Crippen LogP contribution in [-0.2, 0) is 28.7 Å². The Hall–Kier alpha value is -1.92. The average Bonchev–Trinajstić information content (AvgIpc) is 2.83. The molecular formula is C34H62O7. The lowest BCUT2D eigenvalue weighted by Crippen LogP contribution is -2.30. The molecule has 1 N–H and O–H groups in total. The minimum atomic E-state index is -0.970. The molecule has 7 heteroatoms. The number of ether oxygens (including phenoxy) is 2. The molecule has 41 heavy (non-hydrogen) atoms. The van der Waals surface area contributed by atoms with Crippen LogP contribution in [0.15, 0.2) is 0 Å². The Bertz CT molecular complexity index is 730. The molecule has 0 heterocycles. The number of aliphatic carboxylic acids is 1. The van der Waals surface area contributed by atoms with Gasteiger partial charge in [0.25, 0.3) is 0 Å². The standard InChI is InChI=1S/C34H62O7/c1-33(2,3)40-31(38)24-22-20-18-16-14-12-10-8-7-9-11-13-15-17-19-21-23-29(35)27-28(25-26-30(36)37)32(39)41-34(4,5)6/h28H,7-27H2,1-6H3,(H,36,37)/t28-/m1/s1. The molecule has 0 aromatic carbocycles. The highest BCUT2D eigenvalue weighted by Crippen LogP contribution is 2.21. The van der Waals surface area contributed by atoms with Crippen molar-refractivity contribution in [2.24, 2.45) is 5.92 Å². The zero-order valence-corrected chi connectivity index (χ0v) is 27.3. The molecule has 0 aliphatic carbocycles. The number of carbonyl (C=O) groups excluding carboxylic acids is 3. The van der Waals surface area contributed by atoms with Gasteiger partial charge in [-0.15, -0.1) is 0 Å². The SMILES string of the molecule is CC(C)(C)OC(=O)CCCCCCCCCCCCCCCCCCC(=O)C[C@@H](CCC(=O)O)C(=O)OC(C)(C)C. The molecule has 0 rings (SSSR count). The van der Waals surface area contributed by atoms with Crippen molar-refractivity contribution >= 4 is 23.7 Å². The van der Waals surface area contributed by atoms with Gasteiger partial charge in [0.05, 0.1) is 5.92 Å². The monoisotopic (exact) mass is 582 g/mol. The van der Waals surface area contributed by atoms with Crippen LogP contribution in [0.1, 0.15) is 176 Å². The highest BCUT2D eigenvalue weighted by molar-refractivity contribution is 5.84. The smallest absolute Gasteiger partial charge is 0.309 e. The van der Waals surface area contributed by atoms with Crippen molar-refractivity contribution in [1.82, 2.24) is 0 Å². The van der Waals surface area contributed by atoms with Crippen LogP contribution in [0.2, 0.25) is 0 Å². The molecule has 0 spiro atoms. The first-order valence-corrected chi connectivity index (χ1v) is 16.4. The van der Waals surface area contributed by atoms with Crippen molar-refractivity contribution in [3.63, 3.8) is 0 Å². The van der Waals surface area contributed by atoms with Crippen molar-refractivity contribution in [3.05, 3.63) is 0 Å². The first kappa shape index (κ1) is 39.1. The molecule has 0 bridgehead atoms. The maximum atomic E-state index is 12.4. The third-order valence-electron chi connectivity index (χ3n) is 6.93. The van der Waals surface area contributed by atoms with Gasteiger partial charge in [0.1, 0.15) is 17.0 Å². The van der Waals surface area contributed by atoms with E-state index in [4.69, 9.17) is 14.6 Å². The van der Waals surface area contributed by atoms with Crippen molar-refractivity contribution < 1.29 is 33.8 Å². The van der Waals surface area contributed by atoms with Crippen molar-refractivity contribution in [3.8, 4) is 0 Å². The number of ketones is 1. The molecule has 0 saturated heterocycles. The molecule has 0 aromatic heterocycles. The van der Waals surface area contributed by atoms with Crippen molar-refractivity contribution in [2.75, 3.05) is 0 Å². The molecule has 7 nitrogen and oxygen atoms in total. The van der Waals surface area contributed by atoms with Gasteiger partial charge in [-0.2, -0.15) is 0 Å². The van der Waals surface area contributed by atoms with Crippen LogP contribution >= 0.6 is 0 Å². The van der Waals surface area contributed by atoms with E-state index in [1.165, 1.54) is 70.6 Å². The third kappa shape index (κ3) is 28.0. The largest absolute Gasteiger partial charge is 0.481 e. The van der Waals surface area contributed by atoms with Crippen LogP contribution in [0, 0.1) is 5.92 Å². The third-order valence-corrected chi connectivity index (χ3v) is 6.93. The lowest BCUT2D eigenvalue weighted by atomic mass is 9.94. The van der Waals surface area contributed by atoms with Crippen LogP contribution in [0.4, 0.5) is 0 Å². The summed E-state index contributed by atoms with van der Waals surface area (Å²) < 4.78 is 10.7. The number of carboxylic acid groups (broad SMARTS) is 1. The maximum Gasteiger partial charge on any atom is 0.309 e. The summed E-state index contributed by atoms with van der Waals surface area (Å²) in [6, 6.07) is 0. The Kier molecular flexibility index (Phi) is 21.6.